The molecule has 2 unspecified atom stereocenters. The molecule has 4 N–H and O–H groups in total. The Morgan fingerprint density at radius 2 is 1.46 bits per heavy atom. The molecule has 3 amide bonds. The van der Waals surface area contributed by atoms with Crippen LogP contribution in [0.15, 0.2) is 53.5 Å². The van der Waals surface area contributed by atoms with Crippen molar-refractivity contribution in [1.82, 2.24) is 5.32 Å². The molecule has 1 aliphatic rings. The Kier molecular flexibility index (Phi) is 9.03. The number of benzodiazepines with no additional fused rings is 1. The minimum Gasteiger partial charge on any atom is -0.369 e. The molecule has 3 atom stereocenters. The smallest absolute Gasteiger partial charge is 0.369 e. The van der Waals surface area contributed by atoms with Crippen molar-refractivity contribution < 1.29 is 40.7 Å². The van der Waals surface area contributed by atoms with Crippen molar-refractivity contribution in [3.05, 3.63) is 65.2 Å². The van der Waals surface area contributed by atoms with Gasteiger partial charge >= 0.3 is 12.4 Å². The molecule has 210 valence electrons. The molecule has 0 radical (unpaired) electrons. The molecule has 0 aliphatic carbocycles. The van der Waals surface area contributed by atoms with Gasteiger partial charge in [0.05, 0.1) is 11.4 Å². The van der Waals surface area contributed by atoms with Crippen LogP contribution in [-0.2, 0) is 14.4 Å². The number of rotatable bonds is 9. The molecule has 1 aliphatic heterocycles. The Hall–Kier alpha value is -3.90. The first-order valence-corrected chi connectivity index (χ1v) is 11.9. The molecular weight excluding hydrogens is 530 g/mol. The van der Waals surface area contributed by atoms with E-state index in [0.717, 1.165) is 5.56 Å². The highest BCUT2D eigenvalue weighted by atomic mass is 19.4. The number of primary amides is 1. The fourth-order valence-corrected chi connectivity index (χ4v) is 4.34. The molecule has 0 spiro atoms. The number of benzene rings is 2. The Balaban J connectivity index is 1.99. The van der Waals surface area contributed by atoms with Crippen LogP contribution in [0.4, 0.5) is 32.0 Å². The second kappa shape index (κ2) is 11.9. The average Bonchev–Trinajstić information content (AvgIpc) is 2.96. The van der Waals surface area contributed by atoms with Crippen molar-refractivity contribution in [2.24, 2.45) is 22.6 Å². The Bertz CT molecular complexity index is 1260. The average molecular weight is 557 g/mol. The number of para-hydroxylation sites is 1. The molecule has 1 heterocycles. The number of alkyl halides is 6. The summed E-state index contributed by atoms with van der Waals surface area (Å²) in [6.45, 7) is 1.79. The van der Waals surface area contributed by atoms with Gasteiger partial charge in [-0.3, -0.25) is 14.4 Å². The standard InChI is InChI=1S/C26H26F6N4O3/c1-14-6-2-3-7-15(14)20-18-8-4-5-9-19(18)34-24(39)22(35-20)36-23(38)17(11-13-26(30,31)32)16(21(33)37)10-12-25(27,28)29/h2-9,16-17,22H,10-13H2,1H3,(H2,33,37)(H,34,39)(H,36,38)/t16?,17?,22-/m1/s1. The largest absolute Gasteiger partial charge is 0.389 e. The number of nitrogens with two attached hydrogens (primary N) is 1. The van der Waals surface area contributed by atoms with Crippen molar-refractivity contribution in [2.45, 2.75) is 51.1 Å². The Labute approximate surface area is 219 Å². The number of carbonyl (C=O) groups excluding carboxylic acids is 3. The van der Waals surface area contributed by atoms with Crippen LogP contribution in [0, 0.1) is 18.8 Å². The highest BCUT2D eigenvalue weighted by Gasteiger charge is 2.40. The van der Waals surface area contributed by atoms with E-state index in [4.69, 9.17) is 5.73 Å². The molecule has 0 bridgehead atoms. The van der Waals surface area contributed by atoms with Crippen LogP contribution in [0.3, 0.4) is 0 Å². The third-order valence-electron chi connectivity index (χ3n) is 6.29. The van der Waals surface area contributed by atoms with Gasteiger partial charge in [-0.25, -0.2) is 4.99 Å². The van der Waals surface area contributed by atoms with Gasteiger partial charge in [0.15, 0.2) is 0 Å². The van der Waals surface area contributed by atoms with Crippen molar-refractivity contribution >= 4 is 29.1 Å². The van der Waals surface area contributed by atoms with Crippen LogP contribution in [-0.4, -0.2) is 42.0 Å². The van der Waals surface area contributed by atoms with Gasteiger partial charge in [0.1, 0.15) is 0 Å². The van der Waals surface area contributed by atoms with E-state index in [2.05, 4.69) is 15.6 Å². The van der Waals surface area contributed by atoms with Gasteiger partial charge in [-0.2, -0.15) is 26.3 Å². The summed E-state index contributed by atoms with van der Waals surface area (Å²) in [6, 6.07) is 13.6. The van der Waals surface area contributed by atoms with Crippen molar-refractivity contribution in [3.8, 4) is 0 Å². The molecule has 13 heteroatoms. The second-order valence-corrected chi connectivity index (χ2v) is 9.16. The summed E-state index contributed by atoms with van der Waals surface area (Å²) in [4.78, 5) is 42.7. The number of anilines is 1. The monoisotopic (exact) mass is 556 g/mol. The number of aryl methyl sites for hydroxylation is 1. The van der Waals surface area contributed by atoms with Crippen LogP contribution in [0.1, 0.15) is 42.4 Å². The van der Waals surface area contributed by atoms with Crippen LogP contribution in [0.5, 0.6) is 0 Å². The van der Waals surface area contributed by atoms with Crippen molar-refractivity contribution in [3.63, 3.8) is 0 Å². The van der Waals surface area contributed by atoms with E-state index in [-0.39, 0.29) is 0 Å². The zero-order valence-corrected chi connectivity index (χ0v) is 20.7. The van der Waals surface area contributed by atoms with Gasteiger partial charge in [0, 0.05) is 35.8 Å². The maximum Gasteiger partial charge on any atom is 0.389 e. The first kappa shape index (κ1) is 29.7. The van der Waals surface area contributed by atoms with Gasteiger partial charge in [-0.15, -0.1) is 0 Å². The molecule has 2 aromatic carbocycles. The molecule has 3 rings (SSSR count). The summed E-state index contributed by atoms with van der Waals surface area (Å²) >= 11 is 0. The number of hydrogen-bond donors (Lipinski definition) is 3. The third kappa shape index (κ3) is 8.04. The van der Waals surface area contributed by atoms with Gasteiger partial charge in [0.2, 0.25) is 18.0 Å². The molecule has 7 nitrogen and oxygen atoms in total. The van der Waals surface area contributed by atoms with Crippen molar-refractivity contribution in [1.29, 1.82) is 0 Å². The lowest BCUT2D eigenvalue weighted by atomic mass is 9.83. The molecule has 0 fully saturated rings. The maximum atomic E-state index is 13.2. The first-order valence-electron chi connectivity index (χ1n) is 11.9. The number of fused-ring (bicyclic) bond motifs is 1. The number of aliphatic imine (C=N–C) groups is 1. The number of nitrogens with zero attached hydrogens (tertiary/aromatic N) is 1. The summed E-state index contributed by atoms with van der Waals surface area (Å²) in [5.74, 6) is -7.19. The quantitative estimate of drug-likeness (QED) is 0.392. The van der Waals surface area contributed by atoms with E-state index in [1.165, 1.54) is 0 Å². The Morgan fingerprint density at radius 3 is 2.03 bits per heavy atom. The van der Waals surface area contributed by atoms with E-state index in [1.54, 1.807) is 55.5 Å². The highest BCUT2D eigenvalue weighted by molar-refractivity contribution is 6.20. The lowest BCUT2D eigenvalue weighted by molar-refractivity contribution is -0.152. The first-order chi connectivity index (χ1) is 18.2. The second-order valence-electron chi connectivity index (χ2n) is 9.16. The SMILES string of the molecule is Cc1ccccc1C1=N[C@H](NC(=O)C(CCC(F)(F)F)C(CCC(F)(F)F)C(N)=O)C(=O)Nc2ccccc21. The zero-order valence-electron chi connectivity index (χ0n) is 20.7. The number of nitrogens with one attached hydrogen (secondary N) is 2. The van der Waals surface area contributed by atoms with E-state index in [9.17, 15) is 40.7 Å². The van der Waals surface area contributed by atoms with Crippen molar-refractivity contribution in [2.75, 3.05) is 5.32 Å². The summed E-state index contributed by atoms with van der Waals surface area (Å²) < 4.78 is 77.6. The van der Waals surface area contributed by atoms with E-state index in [0.29, 0.717) is 22.5 Å². The van der Waals surface area contributed by atoms with Gasteiger partial charge in [0.25, 0.3) is 5.91 Å². The third-order valence-corrected chi connectivity index (χ3v) is 6.29. The van der Waals surface area contributed by atoms with Crippen LogP contribution in [0.2, 0.25) is 0 Å². The fraction of sp³-hybridized carbons (Fsp3) is 0.385. The molecule has 0 saturated heterocycles. The number of halogens is 6. The van der Waals surface area contributed by atoms with E-state index < -0.39 is 73.8 Å². The molecule has 0 aromatic heterocycles. The predicted molar refractivity (Wildman–Crippen MR) is 131 cm³/mol. The minimum absolute atomic E-state index is 0.294. The summed E-state index contributed by atoms with van der Waals surface area (Å²) in [5.41, 5.74) is 7.76. The maximum absolute atomic E-state index is 13.2. The summed E-state index contributed by atoms with van der Waals surface area (Å²) in [5, 5.41) is 4.84. The zero-order chi connectivity index (χ0) is 29.0. The number of carbonyl (C=O) groups is 3. The molecule has 2 aromatic rings. The lowest BCUT2D eigenvalue weighted by Gasteiger charge is -2.26. The van der Waals surface area contributed by atoms with Crippen LogP contribution in [0.25, 0.3) is 0 Å². The molecule has 0 saturated carbocycles. The number of hydrogen-bond acceptors (Lipinski definition) is 4. The molecule has 39 heavy (non-hydrogen) atoms. The summed E-state index contributed by atoms with van der Waals surface area (Å²) in [6.07, 6.45) is -16.3. The fourth-order valence-electron chi connectivity index (χ4n) is 4.34. The van der Waals surface area contributed by atoms with Gasteiger partial charge in [-0.05, 0) is 31.4 Å². The lowest BCUT2D eigenvalue weighted by Crippen LogP contribution is -2.48. The summed E-state index contributed by atoms with van der Waals surface area (Å²) in [7, 11) is 0. The Morgan fingerprint density at radius 1 is 0.923 bits per heavy atom. The van der Waals surface area contributed by atoms with E-state index >= 15 is 0 Å². The normalized spacial score (nSPS) is 17.3. The minimum atomic E-state index is -4.76. The van der Waals surface area contributed by atoms with Gasteiger partial charge in [-0.1, -0.05) is 42.5 Å². The topological polar surface area (TPSA) is 114 Å². The molecular formula is C26H26F6N4O3. The van der Waals surface area contributed by atoms with Crippen LogP contribution >= 0.6 is 0 Å². The number of amides is 3. The van der Waals surface area contributed by atoms with Gasteiger partial charge < -0.3 is 16.4 Å². The predicted octanol–water partition coefficient (Wildman–Crippen LogP) is 4.63. The van der Waals surface area contributed by atoms with Crippen LogP contribution < -0.4 is 16.4 Å². The highest BCUT2D eigenvalue weighted by Crippen LogP contribution is 2.33. The van der Waals surface area contributed by atoms with E-state index in [1.807, 2.05) is 0 Å².